The summed E-state index contributed by atoms with van der Waals surface area (Å²) in [5.74, 6) is 0.879. The molecule has 1 aromatic carbocycles. The zero-order chi connectivity index (χ0) is 14.7. The van der Waals surface area contributed by atoms with Crippen LogP contribution in [0.2, 0.25) is 0 Å². The number of hydrogen-bond donors (Lipinski definition) is 1. The molecule has 0 saturated heterocycles. The van der Waals surface area contributed by atoms with Crippen molar-refractivity contribution in [1.82, 2.24) is 9.97 Å². The van der Waals surface area contributed by atoms with E-state index < -0.39 is 5.82 Å². The van der Waals surface area contributed by atoms with Crippen molar-refractivity contribution in [2.45, 2.75) is 19.8 Å². The molecule has 0 saturated carbocycles. The van der Waals surface area contributed by atoms with Gasteiger partial charge in [-0.3, -0.25) is 0 Å². The SMILES string of the molecule is CNc1ncnc(Oc2ccc(Br)cc2F)c1C(C)C. The first-order valence-corrected chi connectivity index (χ1v) is 6.97. The quantitative estimate of drug-likeness (QED) is 0.900. The third-order valence-electron chi connectivity index (χ3n) is 2.76. The summed E-state index contributed by atoms with van der Waals surface area (Å²) in [7, 11) is 1.78. The molecule has 20 heavy (non-hydrogen) atoms. The number of anilines is 1. The lowest BCUT2D eigenvalue weighted by Gasteiger charge is -2.15. The highest BCUT2D eigenvalue weighted by Crippen LogP contribution is 2.34. The van der Waals surface area contributed by atoms with E-state index in [-0.39, 0.29) is 11.7 Å². The Kier molecular flexibility index (Phi) is 4.54. The van der Waals surface area contributed by atoms with Crippen molar-refractivity contribution in [2.24, 2.45) is 0 Å². The van der Waals surface area contributed by atoms with E-state index in [1.54, 1.807) is 19.2 Å². The van der Waals surface area contributed by atoms with Crippen molar-refractivity contribution in [3.8, 4) is 11.6 Å². The van der Waals surface area contributed by atoms with E-state index >= 15 is 0 Å². The summed E-state index contributed by atoms with van der Waals surface area (Å²) < 4.78 is 20.1. The van der Waals surface area contributed by atoms with E-state index in [0.29, 0.717) is 16.2 Å². The molecule has 0 radical (unpaired) electrons. The molecule has 106 valence electrons. The van der Waals surface area contributed by atoms with Gasteiger partial charge in [-0.2, -0.15) is 0 Å². The molecule has 0 aliphatic rings. The van der Waals surface area contributed by atoms with Crippen LogP contribution in [0.5, 0.6) is 11.6 Å². The molecule has 1 aromatic heterocycles. The van der Waals surface area contributed by atoms with Crippen LogP contribution in [0.25, 0.3) is 0 Å². The second kappa shape index (κ2) is 6.17. The van der Waals surface area contributed by atoms with Crippen molar-refractivity contribution in [2.75, 3.05) is 12.4 Å². The minimum atomic E-state index is -0.446. The van der Waals surface area contributed by atoms with Crippen LogP contribution in [0, 0.1) is 5.82 Å². The van der Waals surface area contributed by atoms with Crippen molar-refractivity contribution in [1.29, 1.82) is 0 Å². The van der Waals surface area contributed by atoms with Crippen LogP contribution < -0.4 is 10.1 Å². The van der Waals surface area contributed by atoms with Crippen LogP contribution in [-0.4, -0.2) is 17.0 Å². The largest absolute Gasteiger partial charge is 0.435 e. The minimum Gasteiger partial charge on any atom is -0.435 e. The predicted molar refractivity (Wildman–Crippen MR) is 79.8 cm³/mol. The summed E-state index contributed by atoms with van der Waals surface area (Å²) in [6, 6.07) is 4.63. The average Bonchev–Trinajstić information content (AvgIpc) is 2.41. The Morgan fingerprint density at radius 3 is 2.65 bits per heavy atom. The first-order chi connectivity index (χ1) is 9.52. The number of nitrogens with zero attached hydrogens (tertiary/aromatic N) is 2. The van der Waals surface area contributed by atoms with Gasteiger partial charge in [-0.1, -0.05) is 29.8 Å². The van der Waals surface area contributed by atoms with Crippen molar-refractivity contribution in [3.63, 3.8) is 0 Å². The highest BCUT2D eigenvalue weighted by atomic mass is 79.9. The van der Waals surface area contributed by atoms with Gasteiger partial charge in [0.15, 0.2) is 11.6 Å². The molecule has 1 N–H and O–H groups in total. The molecule has 0 aliphatic carbocycles. The van der Waals surface area contributed by atoms with Gasteiger partial charge < -0.3 is 10.1 Å². The lowest BCUT2D eigenvalue weighted by Crippen LogP contribution is -2.05. The predicted octanol–water partition coefficient (Wildman–Crippen LogP) is 4.34. The number of halogens is 2. The molecule has 0 bridgehead atoms. The molecular weight excluding hydrogens is 325 g/mol. The smallest absolute Gasteiger partial charge is 0.228 e. The lowest BCUT2D eigenvalue weighted by atomic mass is 10.1. The summed E-state index contributed by atoms with van der Waals surface area (Å²) in [5, 5.41) is 2.99. The fraction of sp³-hybridized carbons (Fsp3) is 0.286. The van der Waals surface area contributed by atoms with Crippen LogP contribution in [0.15, 0.2) is 29.0 Å². The van der Waals surface area contributed by atoms with Gasteiger partial charge in [0.05, 0.1) is 5.56 Å². The summed E-state index contributed by atoms with van der Waals surface area (Å²) in [6.07, 6.45) is 1.39. The summed E-state index contributed by atoms with van der Waals surface area (Å²) in [5.41, 5.74) is 0.817. The van der Waals surface area contributed by atoms with Gasteiger partial charge in [0.1, 0.15) is 12.1 Å². The Balaban J connectivity index is 2.43. The van der Waals surface area contributed by atoms with Gasteiger partial charge in [0, 0.05) is 11.5 Å². The molecule has 1 heterocycles. The van der Waals surface area contributed by atoms with Gasteiger partial charge in [-0.15, -0.1) is 0 Å². The monoisotopic (exact) mass is 339 g/mol. The molecular formula is C14H15BrFN3O. The second-order valence-corrected chi connectivity index (χ2v) is 5.44. The maximum Gasteiger partial charge on any atom is 0.228 e. The molecule has 0 aliphatic heterocycles. The van der Waals surface area contributed by atoms with E-state index in [4.69, 9.17) is 4.74 Å². The summed E-state index contributed by atoms with van der Waals surface area (Å²) in [4.78, 5) is 8.27. The topological polar surface area (TPSA) is 47.0 Å². The van der Waals surface area contributed by atoms with E-state index in [9.17, 15) is 4.39 Å². The van der Waals surface area contributed by atoms with Crippen molar-refractivity contribution < 1.29 is 9.13 Å². The number of aromatic nitrogens is 2. The average molecular weight is 340 g/mol. The molecule has 4 nitrogen and oxygen atoms in total. The van der Waals surface area contributed by atoms with Crippen LogP contribution in [0.4, 0.5) is 10.2 Å². The Hall–Kier alpha value is -1.69. The molecule has 2 rings (SSSR count). The minimum absolute atomic E-state index is 0.135. The highest BCUT2D eigenvalue weighted by Gasteiger charge is 2.17. The summed E-state index contributed by atoms with van der Waals surface area (Å²) in [6.45, 7) is 4.01. The normalized spacial score (nSPS) is 10.7. The second-order valence-electron chi connectivity index (χ2n) is 4.52. The molecule has 0 fully saturated rings. The van der Waals surface area contributed by atoms with Crippen LogP contribution in [-0.2, 0) is 0 Å². The fourth-order valence-corrected chi connectivity index (χ4v) is 2.18. The number of benzene rings is 1. The van der Waals surface area contributed by atoms with Gasteiger partial charge in [-0.05, 0) is 24.1 Å². The van der Waals surface area contributed by atoms with E-state index in [0.717, 1.165) is 5.56 Å². The van der Waals surface area contributed by atoms with Gasteiger partial charge >= 0.3 is 0 Å². The van der Waals surface area contributed by atoms with Crippen LogP contribution in [0.3, 0.4) is 0 Å². The number of nitrogens with one attached hydrogen (secondary N) is 1. The third-order valence-corrected chi connectivity index (χ3v) is 3.26. The number of ether oxygens (including phenoxy) is 1. The standard InChI is InChI=1S/C14H15BrFN3O/c1-8(2)12-13(17-3)18-7-19-14(12)20-11-5-4-9(15)6-10(11)16/h4-8H,1-3H3,(H,17,18,19). The van der Waals surface area contributed by atoms with Crippen LogP contribution in [0.1, 0.15) is 25.3 Å². The molecule has 0 spiro atoms. The number of rotatable bonds is 4. The zero-order valence-corrected chi connectivity index (χ0v) is 13.0. The molecule has 0 unspecified atom stereocenters. The van der Waals surface area contributed by atoms with E-state index in [1.807, 2.05) is 13.8 Å². The highest BCUT2D eigenvalue weighted by molar-refractivity contribution is 9.10. The van der Waals surface area contributed by atoms with E-state index in [1.165, 1.54) is 12.4 Å². The first kappa shape index (κ1) is 14.7. The molecule has 2 aromatic rings. The maximum atomic E-state index is 13.8. The first-order valence-electron chi connectivity index (χ1n) is 6.18. The Labute approximate surface area is 125 Å². The van der Waals surface area contributed by atoms with Crippen LogP contribution >= 0.6 is 15.9 Å². The van der Waals surface area contributed by atoms with Crippen molar-refractivity contribution in [3.05, 3.63) is 40.4 Å². The van der Waals surface area contributed by atoms with Gasteiger partial charge in [0.2, 0.25) is 5.88 Å². The molecule has 6 heteroatoms. The van der Waals surface area contributed by atoms with Gasteiger partial charge in [-0.25, -0.2) is 14.4 Å². The molecule has 0 amide bonds. The summed E-state index contributed by atoms with van der Waals surface area (Å²) >= 11 is 3.21. The lowest BCUT2D eigenvalue weighted by molar-refractivity contribution is 0.419. The fourth-order valence-electron chi connectivity index (χ4n) is 1.84. The Morgan fingerprint density at radius 1 is 1.30 bits per heavy atom. The third kappa shape index (κ3) is 3.07. The number of hydrogen-bond acceptors (Lipinski definition) is 4. The van der Waals surface area contributed by atoms with E-state index in [2.05, 4.69) is 31.2 Å². The Bertz CT molecular complexity index is 619. The van der Waals surface area contributed by atoms with Gasteiger partial charge in [0.25, 0.3) is 0 Å². The Morgan fingerprint density at radius 2 is 2.05 bits per heavy atom. The zero-order valence-electron chi connectivity index (χ0n) is 11.4. The van der Waals surface area contributed by atoms with Crippen molar-refractivity contribution >= 4 is 21.7 Å². The maximum absolute atomic E-state index is 13.8. The molecule has 0 atom stereocenters.